The second kappa shape index (κ2) is 6.74. The van der Waals surface area contributed by atoms with Gasteiger partial charge in [-0.2, -0.15) is 0 Å². The van der Waals surface area contributed by atoms with E-state index >= 15 is 0 Å². The van der Waals surface area contributed by atoms with E-state index in [9.17, 15) is 9.59 Å². The summed E-state index contributed by atoms with van der Waals surface area (Å²) in [7, 11) is 0. The van der Waals surface area contributed by atoms with E-state index in [1.807, 2.05) is 0 Å². The molecule has 0 N–H and O–H groups in total. The SMILES string of the molecule is CC(=O)O[C@H]1CC[C@@]2(C)C(CC=C3C2CC[C@@]2(C)C3CCC2[C@H](C)C=O)C1. The van der Waals surface area contributed by atoms with Gasteiger partial charge in [0, 0.05) is 12.8 Å². The predicted molar refractivity (Wildman–Crippen MR) is 106 cm³/mol. The first-order chi connectivity index (χ1) is 12.8. The van der Waals surface area contributed by atoms with E-state index < -0.39 is 0 Å². The Morgan fingerprint density at radius 2 is 1.85 bits per heavy atom. The fourth-order valence-corrected chi connectivity index (χ4v) is 7.81. The fourth-order valence-electron chi connectivity index (χ4n) is 7.81. The van der Waals surface area contributed by atoms with Gasteiger partial charge in [-0.25, -0.2) is 0 Å². The number of esters is 1. The Kier molecular flexibility index (Phi) is 4.79. The van der Waals surface area contributed by atoms with Gasteiger partial charge < -0.3 is 9.53 Å². The molecule has 0 amide bonds. The highest BCUT2D eigenvalue weighted by Crippen LogP contribution is 2.66. The van der Waals surface area contributed by atoms with Gasteiger partial charge in [0.1, 0.15) is 12.4 Å². The van der Waals surface area contributed by atoms with Gasteiger partial charge in [0.2, 0.25) is 0 Å². The largest absolute Gasteiger partial charge is 0.463 e. The summed E-state index contributed by atoms with van der Waals surface area (Å²) in [6, 6.07) is 0. The Hall–Kier alpha value is -1.12. The van der Waals surface area contributed by atoms with Crippen LogP contribution in [0.15, 0.2) is 11.6 Å². The zero-order valence-corrected chi connectivity index (χ0v) is 17.5. The molecule has 0 saturated heterocycles. The first-order valence-corrected chi connectivity index (χ1v) is 11.1. The van der Waals surface area contributed by atoms with Crippen molar-refractivity contribution in [2.24, 2.45) is 40.4 Å². The van der Waals surface area contributed by atoms with Crippen LogP contribution < -0.4 is 0 Å². The summed E-state index contributed by atoms with van der Waals surface area (Å²) in [6.07, 6.45) is 13.2. The van der Waals surface area contributed by atoms with Crippen LogP contribution in [0.2, 0.25) is 0 Å². The lowest BCUT2D eigenvalue weighted by Gasteiger charge is -2.57. The number of hydrogen-bond donors (Lipinski definition) is 0. The van der Waals surface area contributed by atoms with Crippen molar-refractivity contribution in [3.63, 3.8) is 0 Å². The van der Waals surface area contributed by atoms with Gasteiger partial charge in [-0.15, -0.1) is 0 Å². The molecule has 8 atom stereocenters. The van der Waals surface area contributed by atoms with Crippen LogP contribution in [0.25, 0.3) is 0 Å². The maximum atomic E-state index is 11.5. The minimum absolute atomic E-state index is 0.119. The number of ether oxygens (including phenoxy) is 1. The fraction of sp³-hybridized carbons (Fsp3) is 0.833. The van der Waals surface area contributed by atoms with Gasteiger partial charge in [-0.05, 0) is 85.9 Å². The number of fused-ring (bicyclic) bond motifs is 5. The second-order valence-electron chi connectivity index (χ2n) is 10.5. The van der Waals surface area contributed by atoms with Crippen molar-refractivity contribution in [1.29, 1.82) is 0 Å². The molecule has 4 rings (SSSR count). The molecule has 0 radical (unpaired) electrons. The van der Waals surface area contributed by atoms with Crippen molar-refractivity contribution in [2.75, 3.05) is 0 Å². The highest BCUT2D eigenvalue weighted by Gasteiger charge is 2.58. The third kappa shape index (κ3) is 2.91. The van der Waals surface area contributed by atoms with Crippen molar-refractivity contribution in [3.05, 3.63) is 11.6 Å². The molecular weight excluding hydrogens is 336 g/mol. The molecule has 150 valence electrons. The van der Waals surface area contributed by atoms with Crippen molar-refractivity contribution >= 4 is 12.3 Å². The Morgan fingerprint density at radius 3 is 2.56 bits per heavy atom. The van der Waals surface area contributed by atoms with Crippen LogP contribution in [0, 0.1) is 40.4 Å². The average molecular weight is 373 g/mol. The Labute approximate surface area is 164 Å². The van der Waals surface area contributed by atoms with E-state index in [2.05, 4.69) is 26.8 Å². The normalized spacial score (nSPS) is 47.1. The van der Waals surface area contributed by atoms with Crippen LogP contribution in [-0.2, 0) is 14.3 Å². The van der Waals surface area contributed by atoms with Crippen LogP contribution >= 0.6 is 0 Å². The van der Waals surface area contributed by atoms with Gasteiger partial charge in [0.25, 0.3) is 0 Å². The third-order valence-electron chi connectivity index (χ3n) is 9.29. The number of hydrogen-bond acceptors (Lipinski definition) is 3. The van der Waals surface area contributed by atoms with Crippen molar-refractivity contribution in [2.45, 2.75) is 85.2 Å². The standard InChI is InChI=1S/C24H36O3/c1-15(14-25)20-7-8-21-19-6-5-17-13-18(27-16(2)26)9-11-23(17,3)22(19)10-12-24(20,21)4/h6,14-15,17-18,20-22H,5,7-13H2,1-4H3/t15-,17?,18+,20?,21?,22?,23+,24-/m1/s1. The summed E-state index contributed by atoms with van der Waals surface area (Å²) in [4.78, 5) is 22.9. The quantitative estimate of drug-likeness (QED) is 0.382. The minimum Gasteiger partial charge on any atom is -0.463 e. The second-order valence-corrected chi connectivity index (χ2v) is 10.5. The highest BCUT2D eigenvalue weighted by atomic mass is 16.5. The lowest BCUT2D eigenvalue weighted by molar-refractivity contribution is -0.152. The Balaban J connectivity index is 1.58. The van der Waals surface area contributed by atoms with Crippen molar-refractivity contribution < 1.29 is 14.3 Å². The number of carbonyl (C=O) groups excluding carboxylic acids is 2. The maximum absolute atomic E-state index is 11.5. The Morgan fingerprint density at radius 1 is 1.15 bits per heavy atom. The molecular formula is C24H36O3. The number of rotatable bonds is 3. The van der Waals surface area contributed by atoms with Gasteiger partial charge in [-0.3, -0.25) is 4.79 Å². The summed E-state index contributed by atoms with van der Waals surface area (Å²) >= 11 is 0. The highest BCUT2D eigenvalue weighted by molar-refractivity contribution is 5.66. The predicted octanol–water partition coefficient (Wildman–Crippen LogP) is 5.33. The molecule has 0 aliphatic heterocycles. The molecule has 0 aromatic carbocycles. The zero-order chi connectivity index (χ0) is 19.4. The van der Waals surface area contributed by atoms with E-state index in [0.717, 1.165) is 19.3 Å². The molecule has 0 heterocycles. The minimum atomic E-state index is -0.134. The van der Waals surface area contributed by atoms with Crippen LogP contribution in [-0.4, -0.2) is 18.4 Å². The zero-order valence-electron chi connectivity index (χ0n) is 17.5. The van der Waals surface area contributed by atoms with Crippen LogP contribution in [0.3, 0.4) is 0 Å². The number of allylic oxidation sites excluding steroid dienone is 2. The van der Waals surface area contributed by atoms with E-state index in [1.54, 1.807) is 5.57 Å². The van der Waals surface area contributed by atoms with Gasteiger partial charge in [-0.1, -0.05) is 32.4 Å². The first kappa shape index (κ1) is 19.2. The first-order valence-electron chi connectivity index (χ1n) is 11.1. The lowest BCUT2D eigenvalue weighted by atomic mass is 9.47. The van der Waals surface area contributed by atoms with Gasteiger partial charge in [0.15, 0.2) is 0 Å². The molecule has 3 nitrogen and oxygen atoms in total. The summed E-state index contributed by atoms with van der Waals surface area (Å²) in [5.41, 5.74) is 2.39. The summed E-state index contributed by atoms with van der Waals surface area (Å²) < 4.78 is 5.57. The summed E-state index contributed by atoms with van der Waals surface area (Å²) in [6.45, 7) is 8.65. The van der Waals surface area contributed by atoms with Crippen molar-refractivity contribution in [1.82, 2.24) is 0 Å². The van der Waals surface area contributed by atoms with Gasteiger partial charge in [0.05, 0.1) is 0 Å². The molecule has 3 fully saturated rings. The smallest absolute Gasteiger partial charge is 0.302 e. The molecule has 3 heteroatoms. The molecule has 0 aromatic rings. The number of aldehydes is 1. The monoisotopic (exact) mass is 372 g/mol. The molecule has 27 heavy (non-hydrogen) atoms. The number of carbonyl (C=O) groups is 2. The summed E-state index contributed by atoms with van der Waals surface area (Å²) in [5.74, 6) is 2.60. The average Bonchev–Trinajstić information content (AvgIpc) is 2.98. The molecule has 0 aromatic heterocycles. The van der Waals surface area contributed by atoms with Crippen molar-refractivity contribution in [3.8, 4) is 0 Å². The summed E-state index contributed by atoms with van der Waals surface area (Å²) in [5, 5.41) is 0. The van der Waals surface area contributed by atoms with E-state index in [1.165, 1.54) is 45.3 Å². The van der Waals surface area contributed by atoms with E-state index in [0.29, 0.717) is 34.5 Å². The molecule has 4 aliphatic rings. The molecule has 3 saturated carbocycles. The van der Waals surface area contributed by atoms with Crippen LogP contribution in [0.5, 0.6) is 0 Å². The van der Waals surface area contributed by atoms with Crippen LogP contribution in [0.1, 0.15) is 79.1 Å². The lowest BCUT2D eigenvalue weighted by Crippen LogP contribution is -2.50. The maximum Gasteiger partial charge on any atom is 0.302 e. The van der Waals surface area contributed by atoms with E-state index in [-0.39, 0.29) is 18.0 Å². The van der Waals surface area contributed by atoms with Crippen LogP contribution in [0.4, 0.5) is 0 Å². The topological polar surface area (TPSA) is 43.4 Å². The van der Waals surface area contributed by atoms with E-state index in [4.69, 9.17) is 4.74 Å². The Bertz CT molecular complexity index is 652. The molecule has 0 bridgehead atoms. The molecule has 4 unspecified atom stereocenters. The van der Waals surface area contributed by atoms with Gasteiger partial charge >= 0.3 is 5.97 Å². The molecule has 4 aliphatic carbocycles. The molecule has 0 spiro atoms. The third-order valence-corrected chi connectivity index (χ3v) is 9.29.